The molecule has 0 bridgehead atoms. The Morgan fingerprint density at radius 2 is 2.00 bits per heavy atom. The second-order valence-electron chi connectivity index (χ2n) is 4.18. The van der Waals surface area contributed by atoms with Gasteiger partial charge in [0.15, 0.2) is 0 Å². The van der Waals surface area contributed by atoms with Crippen LogP contribution in [0.15, 0.2) is 24.5 Å². The van der Waals surface area contributed by atoms with Crippen molar-refractivity contribution < 1.29 is 0 Å². The van der Waals surface area contributed by atoms with Gasteiger partial charge in [-0.3, -0.25) is 4.98 Å². The number of alkyl halides is 1. The summed E-state index contributed by atoms with van der Waals surface area (Å²) in [4.78, 5) is 3.99. The summed E-state index contributed by atoms with van der Waals surface area (Å²) in [5.74, 6) is 0.619. The molecule has 0 amide bonds. The average Bonchev–Trinajstić information content (AvgIpc) is 2.29. The molecule has 1 aromatic heterocycles. The Bertz CT molecular complexity index is 289. The Morgan fingerprint density at radius 3 is 2.73 bits per heavy atom. The minimum Gasteiger partial charge on any atom is -0.385 e. The normalized spacial score (nSPS) is 26.2. The number of hydrogen-bond donors (Lipinski definition) is 1. The molecule has 0 spiro atoms. The third kappa shape index (κ3) is 3.10. The number of hydrogen-bond acceptors (Lipinski definition) is 2. The second kappa shape index (κ2) is 5.36. The van der Waals surface area contributed by atoms with E-state index in [1.165, 1.54) is 25.7 Å². The molecule has 0 radical (unpaired) electrons. The lowest BCUT2D eigenvalue weighted by molar-refractivity contribution is 0.380. The molecule has 1 aliphatic rings. The van der Waals surface area contributed by atoms with Crippen LogP contribution in [0, 0.1) is 5.92 Å². The molecule has 1 heterocycles. The topological polar surface area (TPSA) is 24.9 Å². The van der Waals surface area contributed by atoms with Crippen molar-refractivity contribution in [3.63, 3.8) is 0 Å². The summed E-state index contributed by atoms with van der Waals surface area (Å²) in [5, 5.41) is 3.78. The van der Waals surface area contributed by atoms with Gasteiger partial charge in [0.25, 0.3) is 0 Å². The van der Waals surface area contributed by atoms with Crippen LogP contribution in [-0.4, -0.2) is 16.9 Å². The molecule has 82 valence electrons. The van der Waals surface area contributed by atoms with Gasteiger partial charge in [0.1, 0.15) is 0 Å². The number of nitrogens with zero attached hydrogens (tertiary/aromatic N) is 1. The zero-order chi connectivity index (χ0) is 10.5. The molecule has 0 aromatic carbocycles. The van der Waals surface area contributed by atoms with Crippen LogP contribution in [0.2, 0.25) is 0 Å². The van der Waals surface area contributed by atoms with Crippen LogP contribution >= 0.6 is 11.6 Å². The van der Waals surface area contributed by atoms with Crippen molar-refractivity contribution in [2.75, 3.05) is 11.9 Å². The first kappa shape index (κ1) is 10.7. The Kier molecular flexibility index (Phi) is 3.84. The Labute approximate surface area is 96.1 Å². The van der Waals surface area contributed by atoms with E-state index in [2.05, 4.69) is 10.3 Å². The molecule has 0 saturated heterocycles. The van der Waals surface area contributed by atoms with Crippen molar-refractivity contribution in [3.8, 4) is 0 Å². The fraction of sp³-hybridized carbons (Fsp3) is 0.583. The van der Waals surface area contributed by atoms with Gasteiger partial charge in [0.2, 0.25) is 0 Å². The summed E-state index contributed by atoms with van der Waals surface area (Å²) < 4.78 is 0. The summed E-state index contributed by atoms with van der Waals surface area (Å²) in [6, 6.07) is 3.98. The average molecular weight is 225 g/mol. The zero-order valence-electron chi connectivity index (χ0n) is 8.82. The summed E-state index contributed by atoms with van der Waals surface area (Å²) in [6.45, 7) is 0.984. The summed E-state index contributed by atoms with van der Waals surface area (Å²) >= 11 is 6.30. The number of anilines is 1. The SMILES string of the molecule is ClC1CCCCC1CNc1ccncc1. The van der Waals surface area contributed by atoms with Crippen molar-refractivity contribution >= 4 is 17.3 Å². The summed E-state index contributed by atoms with van der Waals surface area (Å²) in [5.41, 5.74) is 1.14. The van der Waals surface area contributed by atoms with Crippen LogP contribution in [-0.2, 0) is 0 Å². The first-order chi connectivity index (χ1) is 7.36. The number of halogens is 1. The van der Waals surface area contributed by atoms with Gasteiger partial charge in [-0.15, -0.1) is 11.6 Å². The predicted molar refractivity (Wildman–Crippen MR) is 64.3 cm³/mol. The maximum Gasteiger partial charge on any atom is 0.0381 e. The van der Waals surface area contributed by atoms with E-state index >= 15 is 0 Å². The van der Waals surface area contributed by atoms with Crippen molar-refractivity contribution in [1.29, 1.82) is 0 Å². The molecule has 1 aromatic rings. The van der Waals surface area contributed by atoms with E-state index in [0.29, 0.717) is 11.3 Å². The molecule has 2 rings (SSSR count). The molecular formula is C12H17ClN2. The highest BCUT2D eigenvalue weighted by Gasteiger charge is 2.22. The van der Waals surface area contributed by atoms with Crippen molar-refractivity contribution in [2.45, 2.75) is 31.1 Å². The fourth-order valence-corrected chi connectivity index (χ4v) is 2.48. The molecule has 1 saturated carbocycles. The Hall–Kier alpha value is -0.760. The third-order valence-electron chi connectivity index (χ3n) is 3.07. The molecular weight excluding hydrogens is 208 g/mol. The number of rotatable bonds is 3. The fourth-order valence-electron chi connectivity index (χ4n) is 2.11. The van der Waals surface area contributed by atoms with Crippen LogP contribution < -0.4 is 5.32 Å². The summed E-state index contributed by atoms with van der Waals surface area (Å²) in [7, 11) is 0. The van der Waals surface area contributed by atoms with Crippen LogP contribution in [0.1, 0.15) is 25.7 Å². The number of pyridine rings is 1. The van der Waals surface area contributed by atoms with Gasteiger partial charge < -0.3 is 5.32 Å². The maximum absolute atomic E-state index is 6.30. The lowest BCUT2D eigenvalue weighted by Gasteiger charge is -2.27. The monoisotopic (exact) mass is 224 g/mol. The highest BCUT2D eigenvalue weighted by atomic mass is 35.5. The van der Waals surface area contributed by atoms with E-state index in [-0.39, 0.29) is 0 Å². The summed E-state index contributed by atoms with van der Waals surface area (Å²) in [6.07, 6.45) is 8.66. The minimum atomic E-state index is 0.355. The van der Waals surface area contributed by atoms with Gasteiger partial charge in [-0.1, -0.05) is 12.8 Å². The van der Waals surface area contributed by atoms with E-state index in [4.69, 9.17) is 11.6 Å². The highest BCUT2D eigenvalue weighted by Crippen LogP contribution is 2.28. The largest absolute Gasteiger partial charge is 0.385 e. The van der Waals surface area contributed by atoms with Crippen LogP contribution in [0.4, 0.5) is 5.69 Å². The van der Waals surface area contributed by atoms with Gasteiger partial charge in [-0.2, -0.15) is 0 Å². The van der Waals surface area contributed by atoms with Crippen molar-refractivity contribution in [2.24, 2.45) is 5.92 Å². The minimum absolute atomic E-state index is 0.355. The van der Waals surface area contributed by atoms with Gasteiger partial charge >= 0.3 is 0 Å². The van der Waals surface area contributed by atoms with E-state index in [1.807, 2.05) is 12.1 Å². The molecule has 1 fully saturated rings. The lowest BCUT2D eigenvalue weighted by Crippen LogP contribution is -2.26. The third-order valence-corrected chi connectivity index (χ3v) is 3.64. The van der Waals surface area contributed by atoms with E-state index < -0.39 is 0 Å². The van der Waals surface area contributed by atoms with Gasteiger partial charge in [0.05, 0.1) is 0 Å². The molecule has 1 aliphatic carbocycles. The second-order valence-corrected chi connectivity index (χ2v) is 4.74. The van der Waals surface area contributed by atoms with Crippen LogP contribution in [0.25, 0.3) is 0 Å². The molecule has 1 N–H and O–H groups in total. The van der Waals surface area contributed by atoms with Crippen LogP contribution in [0.5, 0.6) is 0 Å². The van der Waals surface area contributed by atoms with E-state index in [9.17, 15) is 0 Å². The van der Waals surface area contributed by atoms with E-state index in [1.54, 1.807) is 12.4 Å². The molecule has 15 heavy (non-hydrogen) atoms. The van der Waals surface area contributed by atoms with Gasteiger partial charge in [-0.05, 0) is 30.9 Å². The standard InChI is InChI=1S/C12H17ClN2/c13-12-4-2-1-3-10(12)9-15-11-5-7-14-8-6-11/h5-8,10,12H,1-4,9H2,(H,14,15). The van der Waals surface area contributed by atoms with E-state index in [0.717, 1.165) is 12.2 Å². The first-order valence-electron chi connectivity index (χ1n) is 5.64. The molecule has 0 aliphatic heterocycles. The quantitative estimate of drug-likeness (QED) is 0.797. The Balaban J connectivity index is 1.82. The molecule has 2 nitrogen and oxygen atoms in total. The molecule has 2 unspecified atom stereocenters. The predicted octanol–water partition coefficient (Wildman–Crippen LogP) is 3.29. The zero-order valence-corrected chi connectivity index (χ0v) is 9.58. The Morgan fingerprint density at radius 1 is 1.27 bits per heavy atom. The molecule has 2 atom stereocenters. The van der Waals surface area contributed by atoms with Crippen molar-refractivity contribution in [3.05, 3.63) is 24.5 Å². The molecule has 3 heteroatoms. The lowest BCUT2D eigenvalue weighted by atomic mass is 9.89. The van der Waals surface area contributed by atoms with Gasteiger partial charge in [-0.25, -0.2) is 0 Å². The maximum atomic E-state index is 6.30. The highest BCUT2D eigenvalue weighted by molar-refractivity contribution is 6.20. The van der Waals surface area contributed by atoms with Crippen LogP contribution in [0.3, 0.4) is 0 Å². The number of nitrogens with one attached hydrogen (secondary N) is 1. The smallest absolute Gasteiger partial charge is 0.0381 e. The van der Waals surface area contributed by atoms with Crippen molar-refractivity contribution in [1.82, 2.24) is 4.98 Å². The number of aromatic nitrogens is 1. The first-order valence-corrected chi connectivity index (χ1v) is 6.08. The van der Waals surface area contributed by atoms with Gasteiger partial charge in [0, 0.05) is 30.0 Å².